The van der Waals surface area contributed by atoms with Gasteiger partial charge in [0.1, 0.15) is 16.5 Å². The van der Waals surface area contributed by atoms with Crippen molar-refractivity contribution in [2.45, 2.75) is 17.9 Å². The fourth-order valence-electron chi connectivity index (χ4n) is 2.07. The Morgan fingerprint density at radius 2 is 1.96 bits per heavy atom. The molecule has 0 unspecified atom stereocenters. The minimum atomic E-state index is -3.20. The van der Waals surface area contributed by atoms with E-state index in [2.05, 4.69) is 4.98 Å². The molecule has 1 heterocycles. The molecule has 0 spiro atoms. The Labute approximate surface area is 163 Å². The predicted molar refractivity (Wildman–Crippen MR) is 104 cm³/mol. The molecule has 0 bridgehead atoms. The molecule has 2 aromatic rings. The van der Waals surface area contributed by atoms with Crippen molar-refractivity contribution < 1.29 is 17.9 Å². The molecule has 0 atom stereocenters. The van der Waals surface area contributed by atoms with E-state index >= 15 is 0 Å². The minimum Gasteiger partial charge on any atom is -0.494 e. The van der Waals surface area contributed by atoms with E-state index in [1.807, 2.05) is 0 Å². The van der Waals surface area contributed by atoms with Crippen molar-refractivity contribution in [3.05, 3.63) is 40.3 Å². The third-order valence-electron chi connectivity index (χ3n) is 3.45. The van der Waals surface area contributed by atoms with E-state index in [-0.39, 0.29) is 23.2 Å². The van der Waals surface area contributed by atoms with Gasteiger partial charge in [0.15, 0.2) is 9.84 Å². The molecule has 0 aliphatic rings. The van der Waals surface area contributed by atoms with Gasteiger partial charge in [-0.05, 0) is 30.7 Å². The smallest absolute Gasteiger partial charge is 0.273 e. The summed E-state index contributed by atoms with van der Waals surface area (Å²) in [4.78, 5) is 18.2. The maximum Gasteiger partial charge on any atom is 0.273 e. The second-order valence-corrected chi connectivity index (χ2v) is 8.46. The number of nitrogens with zero attached hydrogens (tertiary/aromatic N) is 2. The molecular weight excluding hydrogens is 398 g/mol. The first-order chi connectivity index (χ1) is 11.8. The zero-order chi connectivity index (χ0) is 18.4. The molecule has 0 saturated heterocycles. The Morgan fingerprint density at radius 3 is 2.50 bits per heavy atom. The third-order valence-corrected chi connectivity index (χ3v) is 5.45. The number of thiazole rings is 1. The number of sulfone groups is 1. The number of ether oxygens (including phenoxy) is 1. The van der Waals surface area contributed by atoms with Gasteiger partial charge in [-0.1, -0.05) is 0 Å². The van der Waals surface area contributed by atoms with E-state index in [4.69, 9.17) is 10.5 Å². The molecule has 0 saturated carbocycles. The van der Waals surface area contributed by atoms with Crippen molar-refractivity contribution in [2.75, 3.05) is 26.5 Å². The van der Waals surface area contributed by atoms with Gasteiger partial charge in [0.05, 0.1) is 11.5 Å². The van der Waals surface area contributed by atoms with Crippen molar-refractivity contribution in [3.8, 4) is 5.75 Å². The van der Waals surface area contributed by atoms with E-state index in [9.17, 15) is 13.2 Å². The molecular formula is C16H22ClN3O4S2. The van der Waals surface area contributed by atoms with Gasteiger partial charge in [-0.25, -0.2) is 13.4 Å². The van der Waals surface area contributed by atoms with Crippen LogP contribution in [-0.2, 0) is 16.4 Å². The van der Waals surface area contributed by atoms with E-state index in [0.717, 1.165) is 11.3 Å². The van der Waals surface area contributed by atoms with Gasteiger partial charge in [0.2, 0.25) is 0 Å². The van der Waals surface area contributed by atoms with E-state index in [0.29, 0.717) is 37.6 Å². The normalized spacial score (nSPS) is 10.9. The second kappa shape index (κ2) is 9.86. The number of carbonyl (C=O) groups excluding carboxylic acids is 1. The first-order valence-corrected chi connectivity index (χ1v) is 10.4. The van der Waals surface area contributed by atoms with Gasteiger partial charge in [0, 0.05) is 31.8 Å². The molecule has 0 aliphatic carbocycles. The van der Waals surface area contributed by atoms with Crippen LogP contribution >= 0.6 is 23.7 Å². The lowest BCUT2D eigenvalue weighted by Crippen LogP contribution is -2.29. The Bertz CT molecular complexity index is 822. The summed E-state index contributed by atoms with van der Waals surface area (Å²) in [6.07, 6.45) is 1.80. The van der Waals surface area contributed by atoms with Gasteiger partial charge in [-0.2, -0.15) is 0 Å². The summed E-state index contributed by atoms with van der Waals surface area (Å²) < 4.78 is 28.4. The van der Waals surface area contributed by atoms with Gasteiger partial charge >= 0.3 is 0 Å². The number of hydrogen-bond acceptors (Lipinski definition) is 7. The Morgan fingerprint density at radius 1 is 1.31 bits per heavy atom. The largest absolute Gasteiger partial charge is 0.494 e. The molecule has 0 radical (unpaired) electrons. The molecule has 0 fully saturated rings. The van der Waals surface area contributed by atoms with Crippen LogP contribution in [0.5, 0.6) is 5.75 Å². The quantitative estimate of drug-likeness (QED) is 0.656. The molecule has 1 amide bonds. The van der Waals surface area contributed by atoms with Crippen LogP contribution in [0.1, 0.15) is 21.9 Å². The lowest BCUT2D eigenvalue weighted by Gasteiger charge is -2.16. The van der Waals surface area contributed by atoms with Crippen LogP contribution in [0.2, 0.25) is 0 Å². The average molecular weight is 420 g/mol. The third kappa shape index (κ3) is 6.24. The van der Waals surface area contributed by atoms with Crippen LogP contribution in [0.3, 0.4) is 0 Å². The maximum absolute atomic E-state index is 12.2. The van der Waals surface area contributed by atoms with Crippen molar-refractivity contribution >= 4 is 39.5 Å². The van der Waals surface area contributed by atoms with Crippen LogP contribution in [0.4, 0.5) is 0 Å². The monoisotopic (exact) mass is 419 g/mol. The Hall–Kier alpha value is -1.68. The van der Waals surface area contributed by atoms with Crippen LogP contribution in [0.25, 0.3) is 0 Å². The Balaban J connectivity index is 0.00000338. The molecule has 2 rings (SSSR count). The van der Waals surface area contributed by atoms with Crippen LogP contribution in [-0.4, -0.2) is 50.7 Å². The first kappa shape index (κ1) is 22.4. The SMILES string of the molecule is CN(CCCOc1ccc(S(C)(=O)=O)cc1)C(=O)c1csc(CN)n1.Cl. The number of benzene rings is 1. The molecule has 1 aromatic carbocycles. The molecule has 1 aromatic heterocycles. The summed E-state index contributed by atoms with van der Waals surface area (Å²) in [7, 11) is -1.49. The highest BCUT2D eigenvalue weighted by atomic mass is 35.5. The lowest BCUT2D eigenvalue weighted by molar-refractivity contribution is 0.0782. The first-order valence-electron chi connectivity index (χ1n) is 7.64. The molecule has 0 aliphatic heterocycles. The van der Waals surface area contributed by atoms with Crippen molar-refractivity contribution in [1.82, 2.24) is 9.88 Å². The molecule has 26 heavy (non-hydrogen) atoms. The highest BCUT2D eigenvalue weighted by molar-refractivity contribution is 7.90. The van der Waals surface area contributed by atoms with E-state index in [1.165, 1.54) is 23.5 Å². The molecule has 10 heteroatoms. The van der Waals surface area contributed by atoms with Gasteiger partial charge in [-0.15, -0.1) is 23.7 Å². The zero-order valence-corrected chi connectivity index (χ0v) is 17.0. The summed E-state index contributed by atoms with van der Waals surface area (Å²) in [5, 5.41) is 2.44. The average Bonchev–Trinajstić information content (AvgIpc) is 3.06. The minimum absolute atomic E-state index is 0. The van der Waals surface area contributed by atoms with Crippen molar-refractivity contribution in [2.24, 2.45) is 5.73 Å². The van der Waals surface area contributed by atoms with E-state index in [1.54, 1.807) is 29.5 Å². The van der Waals surface area contributed by atoms with Gasteiger partial charge < -0.3 is 15.4 Å². The number of amides is 1. The standard InChI is InChI=1S/C16H21N3O4S2.ClH/c1-19(16(20)14-11-24-15(10-17)18-14)8-3-9-23-12-4-6-13(7-5-12)25(2,21)22;/h4-7,11H,3,8-10,17H2,1-2H3;1H. The van der Waals surface area contributed by atoms with Crippen LogP contribution < -0.4 is 10.5 Å². The molecule has 144 valence electrons. The fraction of sp³-hybridized carbons (Fsp3) is 0.375. The molecule has 2 N–H and O–H groups in total. The maximum atomic E-state index is 12.2. The van der Waals surface area contributed by atoms with E-state index < -0.39 is 9.84 Å². The Kier molecular flexibility index (Phi) is 8.48. The number of nitrogens with two attached hydrogens (primary N) is 1. The highest BCUT2D eigenvalue weighted by Gasteiger charge is 2.14. The lowest BCUT2D eigenvalue weighted by atomic mass is 10.3. The number of rotatable bonds is 8. The van der Waals surface area contributed by atoms with Crippen LogP contribution in [0, 0.1) is 0 Å². The van der Waals surface area contributed by atoms with Gasteiger partial charge in [0.25, 0.3) is 5.91 Å². The van der Waals surface area contributed by atoms with Crippen molar-refractivity contribution in [3.63, 3.8) is 0 Å². The summed E-state index contributed by atoms with van der Waals surface area (Å²) in [5.74, 6) is 0.446. The van der Waals surface area contributed by atoms with Crippen molar-refractivity contribution in [1.29, 1.82) is 0 Å². The summed E-state index contributed by atoms with van der Waals surface area (Å²) in [6.45, 7) is 1.27. The number of hydrogen-bond donors (Lipinski definition) is 1. The number of halogens is 1. The summed E-state index contributed by atoms with van der Waals surface area (Å²) in [5.41, 5.74) is 5.91. The predicted octanol–water partition coefficient (Wildman–Crippen LogP) is 1.97. The highest BCUT2D eigenvalue weighted by Crippen LogP contribution is 2.16. The van der Waals surface area contributed by atoms with Crippen LogP contribution in [0.15, 0.2) is 34.5 Å². The summed E-state index contributed by atoms with van der Waals surface area (Å²) >= 11 is 1.37. The number of aromatic nitrogens is 1. The topological polar surface area (TPSA) is 103 Å². The molecule has 7 nitrogen and oxygen atoms in total. The zero-order valence-electron chi connectivity index (χ0n) is 14.5. The second-order valence-electron chi connectivity index (χ2n) is 5.50. The summed E-state index contributed by atoms with van der Waals surface area (Å²) in [6, 6.07) is 6.26. The fourth-order valence-corrected chi connectivity index (χ4v) is 3.35. The van der Waals surface area contributed by atoms with Gasteiger partial charge in [-0.3, -0.25) is 4.79 Å². The number of carbonyl (C=O) groups is 1.